The standard InChI is InChI=1S/C22H27F3N6O6S/c1-21(2,3)36-20(33)28-22(10-35-11-22)9-15(32)26-6-7-38-19-16(30-37-31-19)18(29-34)27-12-4-5-14(23)13(8-12)17(24)25/h4-5,8,17,34H,6-7,9-11H2,1-3H3,(H,26,32)(H,27,29)(H,28,33). The summed E-state index contributed by atoms with van der Waals surface area (Å²) in [4.78, 5) is 28.5. The molecule has 0 saturated carbocycles. The summed E-state index contributed by atoms with van der Waals surface area (Å²) in [7, 11) is 0. The first-order valence-electron chi connectivity index (χ1n) is 11.3. The third kappa shape index (κ3) is 8.06. The van der Waals surface area contributed by atoms with Crippen LogP contribution in [0.5, 0.6) is 0 Å². The number of rotatable bonds is 10. The molecule has 1 saturated heterocycles. The number of alkyl carbamates (subject to hydrolysis) is 1. The van der Waals surface area contributed by atoms with Gasteiger partial charge in [-0.2, -0.15) is 0 Å². The Hall–Kier alpha value is -3.37. The van der Waals surface area contributed by atoms with E-state index in [2.05, 4.69) is 25.9 Å². The average Bonchev–Trinajstić information content (AvgIpc) is 3.26. The van der Waals surface area contributed by atoms with Crippen LogP contribution < -0.4 is 16.1 Å². The summed E-state index contributed by atoms with van der Waals surface area (Å²) in [5.74, 6) is -1.38. The topological polar surface area (TPSA) is 160 Å². The number of amidine groups is 1. The number of carbonyl (C=O) groups is 2. The van der Waals surface area contributed by atoms with Crippen molar-refractivity contribution in [2.24, 2.45) is 4.99 Å². The van der Waals surface area contributed by atoms with Crippen LogP contribution in [0, 0.1) is 5.82 Å². The van der Waals surface area contributed by atoms with E-state index >= 15 is 0 Å². The van der Waals surface area contributed by atoms with Crippen LogP contribution in [0.1, 0.15) is 44.9 Å². The Balaban J connectivity index is 1.54. The summed E-state index contributed by atoms with van der Waals surface area (Å²) in [5.41, 5.74) is -0.686. The monoisotopic (exact) mass is 560 g/mol. The van der Waals surface area contributed by atoms with Crippen LogP contribution in [0.4, 0.5) is 23.7 Å². The van der Waals surface area contributed by atoms with Gasteiger partial charge in [0.05, 0.1) is 36.4 Å². The maximum atomic E-state index is 13.5. The first-order chi connectivity index (χ1) is 17.9. The number of hydrogen-bond donors (Lipinski definition) is 4. The van der Waals surface area contributed by atoms with E-state index in [9.17, 15) is 28.0 Å². The highest BCUT2D eigenvalue weighted by molar-refractivity contribution is 7.99. The summed E-state index contributed by atoms with van der Waals surface area (Å²) < 4.78 is 54.6. The molecule has 1 fully saturated rings. The summed E-state index contributed by atoms with van der Waals surface area (Å²) >= 11 is 1.11. The summed E-state index contributed by atoms with van der Waals surface area (Å²) in [6.07, 6.45) is -3.71. The van der Waals surface area contributed by atoms with E-state index in [0.717, 1.165) is 30.0 Å². The van der Waals surface area contributed by atoms with E-state index in [1.165, 1.54) is 0 Å². The van der Waals surface area contributed by atoms with Crippen LogP contribution in [0.2, 0.25) is 0 Å². The molecule has 1 aromatic heterocycles. The van der Waals surface area contributed by atoms with E-state index in [1.54, 1.807) is 26.3 Å². The zero-order valence-electron chi connectivity index (χ0n) is 20.7. The number of alkyl halides is 2. The van der Waals surface area contributed by atoms with Crippen LogP contribution in [0.25, 0.3) is 0 Å². The Labute approximate surface area is 219 Å². The van der Waals surface area contributed by atoms with Crippen LogP contribution in [0.15, 0.2) is 32.8 Å². The number of hydrogen-bond acceptors (Lipinski definition) is 10. The Morgan fingerprint density at radius 1 is 1.29 bits per heavy atom. The zero-order valence-corrected chi connectivity index (χ0v) is 21.5. The van der Waals surface area contributed by atoms with Gasteiger partial charge in [-0.3, -0.25) is 15.5 Å². The van der Waals surface area contributed by atoms with Gasteiger partial charge in [0.25, 0.3) is 6.43 Å². The maximum absolute atomic E-state index is 13.5. The summed E-state index contributed by atoms with van der Waals surface area (Å²) in [5, 5.41) is 22.5. The van der Waals surface area contributed by atoms with Crippen LogP contribution >= 0.6 is 11.8 Å². The van der Waals surface area contributed by atoms with Gasteiger partial charge in [-0.1, -0.05) is 11.8 Å². The third-order valence-corrected chi connectivity index (χ3v) is 5.88. The molecule has 1 aliphatic rings. The van der Waals surface area contributed by atoms with Crippen LogP contribution in [-0.2, 0) is 14.3 Å². The van der Waals surface area contributed by atoms with E-state index in [0.29, 0.717) is 5.75 Å². The molecule has 0 spiro atoms. The fourth-order valence-electron chi connectivity index (χ4n) is 3.24. The molecule has 2 aromatic rings. The lowest BCUT2D eigenvalue weighted by Gasteiger charge is -2.41. The van der Waals surface area contributed by atoms with Gasteiger partial charge in [-0.15, -0.1) is 0 Å². The Morgan fingerprint density at radius 2 is 2.03 bits per heavy atom. The second-order valence-electron chi connectivity index (χ2n) is 9.27. The highest BCUT2D eigenvalue weighted by Gasteiger charge is 2.43. The number of ether oxygens (including phenoxy) is 2. The minimum absolute atomic E-state index is 0.0167. The molecule has 0 unspecified atom stereocenters. The first-order valence-corrected chi connectivity index (χ1v) is 12.3. The van der Waals surface area contributed by atoms with Crippen LogP contribution in [0.3, 0.4) is 0 Å². The van der Waals surface area contributed by atoms with Crippen molar-refractivity contribution in [3.63, 3.8) is 0 Å². The highest BCUT2D eigenvalue weighted by Crippen LogP contribution is 2.27. The van der Waals surface area contributed by atoms with E-state index in [4.69, 9.17) is 14.1 Å². The number of nitrogens with zero attached hydrogens (tertiary/aromatic N) is 3. The SMILES string of the molecule is CC(C)(C)OC(=O)NC1(CC(=O)NCCSc2nonc2C(=Nc2ccc(F)c(C(F)F)c2)NO)COC1. The van der Waals surface area contributed by atoms with Gasteiger partial charge in [0, 0.05) is 12.3 Å². The number of carbonyl (C=O) groups excluding carboxylic acids is 2. The van der Waals surface area contributed by atoms with Crippen LogP contribution in [-0.4, -0.2) is 70.0 Å². The lowest BCUT2D eigenvalue weighted by Crippen LogP contribution is -2.64. The lowest BCUT2D eigenvalue weighted by molar-refractivity contribution is -0.130. The van der Waals surface area contributed by atoms with E-state index in [1.807, 2.05) is 0 Å². The molecule has 208 valence electrons. The second kappa shape index (κ2) is 12.4. The summed E-state index contributed by atoms with van der Waals surface area (Å²) in [6, 6.07) is 2.81. The lowest BCUT2D eigenvalue weighted by atomic mass is 9.93. The van der Waals surface area contributed by atoms with Gasteiger partial charge >= 0.3 is 6.09 Å². The Bertz CT molecular complexity index is 1170. The van der Waals surface area contributed by atoms with Crippen molar-refractivity contribution in [3.8, 4) is 0 Å². The van der Waals surface area contributed by atoms with Crippen molar-refractivity contribution in [2.75, 3.05) is 25.5 Å². The smallest absolute Gasteiger partial charge is 0.408 e. The Kier molecular flexibility index (Phi) is 9.56. The van der Waals surface area contributed by atoms with Crippen molar-refractivity contribution < 1.29 is 42.1 Å². The Morgan fingerprint density at radius 3 is 2.63 bits per heavy atom. The molecule has 38 heavy (non-hydrogen) atoms. The van der Waals surface area contributed by atoms with Crippen molar-refractivity contribution >= 4 is 35.3 Å². The molecule has 1 aromatic carbocycles. The minimum Gasteiger partial charge on any atom is -0.444 e. The fraction of sp³-hybridized carbons (Fsp3) is 0.500. The normalized spacial score (nSPS) is 15.1. The second-order valence-corrected chi connectivity index (χ2v) is 10.4. The third-order valence-electron chi connectivity index (χ3n) is 4.93. The van der Waals surface area contributed by atoms with Crippen molar-refractivity contribution in [1.82, 2.24) is 26.4 Å². The molecule has 2 heterocycles. The maximum Gasteiger partial charge on any atom is 0.408 e. The van der Waals surface area contributed by atoms with Gasteiger partial charge in [-0.25, -0.2) is 27.6 Å². The minimum atomic E-state index is -3.05. The molecule has 0 radical (unpaired) electrons. The predicted molar refractivity (Wildman–Crippen MR) is 128 cm³/mol. The van der Waals surface area contributed by atoms with Gasteiger partial charge in [0.15, 0.2) is 16.6 Å². The van der Waals surface area contributed by atoms with E-state index in [-0.39, 0.29) is 54.3 Å². The number of hydroxylamine groups is 1. The first kappa shape index (κ1) is 29.2. The molecule has 16 heteroatoms. The fourth-order valence-corrected chi connectivity index (χ4v) is 4.00. The van der Waals surface area contributed by atoms with Crippen molar-refractivity contribution in [1.29, 1.82) is 0 Å². The predicted octanol–water partition coefficient (Wildman–Crippen LogP) is 3.10. The number of halogens is 3. The zero-order chi connectivity index (χ0) is 27.9. The van der Waals surface area contributed by atoms with Gasteiger partial charge < -0.3 is 20.1 Å². The average molecular weight is 561 g/mol. The van der Waals surface area contributed by atoms with Gasteiger partial charge in [-0.05, 0) is 49.3 Å². The van der Waals surface area contributed by atoms with E-state index < -0.39 is 35.0 Å². The number of aliphatic imine (C=N–C) groups is 1. The molecule has 0 atom stereocenters. The number of amides is 2. The number of benzene rings is 1. The molecule has 1 aliphatic heterocycles. The molecule has 2 amide bonds. The molecule has 3 rings (SSSR count). The molecular formula is C22H27F3N6O6S. The number of thioether (sulfide) groups is 1. The van der Waals surface area contributed by atoms with Crippen molar-refractivity contribution in [3.05, 3.63) is 35.3 Å². The summed E-state index contributed by atoms with van der Waals surface area (Å²) in [6.45, 7) is 5.74. The molecule has 0 aliphatic carbocycles. The molecule has 4 N–H and O–H groups in total. The highest BCUT2D eigenvalue weighted by atomic mass is 32.2. The molecule has 12 nitrogen and oxygen atoms in total. The van der Waals surface area contributed by atoms with Gasteiger partial charge in [0.2, 0.25) is 5.91 Å². The number of nitrogens with one attached hydrogen (secondary N) is 3. The molecular weight excluding hydrogens is 533 g/mol. The largest absolute Gasteiger partial charge is 0.444 e. The molecule has 0 bridgehead atoms. The quantitative estimate of drug-likeness (QED) is 0.112. The number of aromatic nitrogens is 2. The van der Waals surface area contributed by atoms with Crippen molar-refractivity contribution in [2.45, 2.75) is 49.8 Å². The van der Waals surface area contributed by atoms with Gasteiger partial charge in [0.1, 0.15) is 11.4 Å².